The number of sulfone groups is 1. The fraction of sp³-hybridized carbons (Fsp3) is 0.500. The zero-order chi connectivity index (χ0) is 15.6. The maximum Gasteiger partial charge on any atom is 0.264 e. The van der Waals surface area contributed by atoms with Crippen molar-refractivity contribution in [1.82, 2.24) is 0 Å². The zero-order valence-electron chi connectivity index (χ0n) is 11.5. The van der Waals surface area contributed by atoms with Gasteiger partial charge in [0.1, 0.15) is 17.3 Å². The Labute approximate surface area is 124 Å². The molecule has 0 spiro atoms. The van der Waals surface area contributed by atoms with Gasteiger partial charge in [0.05, 0.1) is 11.0 Å². The molecule has 0 saturated carbocycles. The highest BCUT2D eigenvalue weighted by molar-refractivity contribution is 8.13. The lowest BCUT2D eigenvalue weighted by molar-refractivity contribution is 0.331. The van der Waals surface area contributed by atoms with Crippen LogP contribution >= 0.6 is 10.7 Å². The lowest BCUT2D eigenvalue weighted by Gasteiger charge is -2.12. The van der Waals surface area contributed by atoms with E-state index < -0.39 is 24.1 Å². The summed E-state index contributed by atoms with van der Waals surface area (Å²) in [6, 6.07) is 4.51. The van der Waals surface area contributed by atoms with Gasteiger partial charge < -0.3 is 4.74 Å². The largest absolute Gasteiger partial charge is 0.491 e. The fourth-order valence-corrected chi connectivity index (χ4v) is 3.27. The van der Waals surface area contributed by atoms with Crippen LogP contribution in [0.1, 0.15) is 19.4 Å². The van der Waals surface area contributed by atoms with Crippen LogP contribution in [0.5, 0.6) is 5.75 Å². The van der Waals surface area contributed by atoms with Gasteiger partial charge >= 0.3 is 0 Å². The number of ether oxygens (including phenoxy) is 1. The van der Waals surface area contributed by atoms with Crippen molar-refractivity contribution in [2.24, 2.45) is 0 Å². The van der Waals surface area contributed by atoms with E-state index >= 15 is 0 Å². The third-order valence-electron chi connectivity index (χ3n) is 2.71. The van der Waals surface area contributed by atoms with E-state index in [9.17, 15) is 16.8 Å². The molecule has 1 aromatic rings. The molecule has 1 rings (SSSR count). The molecule has 0 aromatic heterocycles. The van der Waals surface area contributed by atoms with Crippen LogP contribution in [0.15, 0.2) is 23.1 Å². The van der Waals surface area contributed by atoms with Gasteiger partial charge in [-0.25, -0.2) is 16.8 Å². The van der Waals surface area contributed by atoms with Gasteiger partial charge in [-0.15, -0.1) is 0 Å². The lowest BCUT2D eigenvalue weighted by Crippen LogP contribution is -2.22. The van der Waals surface area contributed by atoms with E-state index in [-0.39, 0.29) is 23.0 Å². The maximum atomic E-state index is 11.6. The zero-order valence-corrected chi connectivity index (χ0v) is 13.8. The number of halogens is 1. The third kappa shape index (κ3) is 4.64. The van der Waals surface area contributed by atoms with E-state index in [1.165, 1.54) is 12.1 Å². The van der Waals surface area contributed by atoms with Crippen molar-refractivity contribution < 1.29 is 21.6 Å². The molecule has 0 heterocycles. The average Bonchev–Trinajstić information content (AvgIpc) is 2.29. The summed E-state index contributed by atoms with van der Waals surface area (Å²) in [5, 5.41) is -0.500. The highest BCUT2D eigenvalue weighted by Gasteiger charge is 2.19. The van der Waals surface area contributed by atoms with E-state index in [1.807, 2.05) is 0 Å². The summed E-state index contributed by atoms with van der Waals surface area (Å²) in [6.45, 7) is 4.76. The van der Waals surface area contributed by atoms with Crippen LogP contribution in [0.2, 0.25) is 0 Å². The van der Waals surface area contributed by atoms with Crippen molar-refractivity contribution in [3.05, 3.63) is 23.8 Å². The summed E-state index contributed by atoms with van der Waals surface area (Å²) in [5.41, 5.74) is 0.714. The van der Waals surface area contributed by atoms with Crippen LogP contribution in [0, 0.1) is 6.92 Å². The fourth-order valence-electron chi connectivity index (χ4n) is 1.43. The van der Waals surface area contributed by atoms with Gasteiger partial charge in [-0.3, -0.25) is 0 Å². The summed E-state index contributed by atoms with van der Waals surface area (Å²) >= 11 is 0. The average molecular weight is 341 g/mol. The second kappa shape index (κ2) is 6.32. The third-order valence-corrected chi connectivity index (χ3v) is 6.22. The van der Waals surface area contributed by atoms with Gasteiger partial charge in [0.25, 0.3) is 9.05 Å². The number of hydrogen-bond donors (Lipinski definition) is 0. The smallest absolute Gasteiger partial charge is 0.264 e. The Bertz CT molecular complexity index is 678. The van der Waals surface area contributed by atoms with Crippen LogP contribution in [-0.4, -0.2) is 34.4 Å². The Balaban J connectivity index is 2.90. The summed E-state index contributed by atoms with van der Waals surface area (Å²) < 4.78 is 51.4. The molecule has 0 atom stereocenters. The second-order valence-corrected chi connectivity index (χ2v) is 9.86. The summed E-state index contributed by atoms with van der Waals surface area (Å²) in [7, 11) is -1.84. The molecule has 0 bridgehead atoms. The highest BCUT2D eigenvalue weighted by Crippen LogP contribution is 2.28. The first-order chi connectivity index (χ1) is 9.04. The topological polar surface area (TPSA) is 77.5 Å². The van der Waals surface area contributed by atoms with Crippen molar-refractivity contribution in [2.75, 3.05) is 12.4 Å². The predicted molar refractivity (Wildman–Crippen MR) is 78.6 cm³/mol. The summed E-state index contributed by atoms with van der Waals surface area (Å²) in [6.07, 6.45) is 0. The molecule has 20 heavy (non-hydrogen) atoms. The van der Waals surface area contributed by atoms with E-state index in [0.29, 0.717) is 5.56 Å². The van der Waals surface area contributed by atoms with E-state index in [0.717, 1.165) is 0 Å². The van der Waals surface area contributed by atoms with Gasteiger partial charge in [0.15, 0.2) is 9.84 Å². The molecular weight excluding hydrogens is 324 g/mol. The standard InChI is InChI=1S/C12H17ClO5S2/c1-9(2)19(14,15)7-6-18-11-5-4-10(3)8-12(11)20(13,16)17/h4-5,8-9H,6-7H2,1-3H3. The minimum atomic E-state index is -3.94. The van der Waals surface area contributed by atoms with Crippen LogP contribution < -0.4 is 4.74 Å². The van der Waals surface area contributed by atoms with Crippen LogP contribution in [0.25, 0.3) is 0 Å². The molecule has 0 aliphatic heterocycles. The number of aryl methyl sites for hydroxylation is 1. The Morgan fingerprint density at radius 2 is 1.80 bits per heavy atom. The number of rotatable bonds is 6. The van der Waals surface area contributed by atoms with Gasteiger partial charge in [0, 0.05) is 10.7 Å². The SMILES string of the molecule is Cc1ccc(OCCS(=O)(=O)C(C)C)c(S(=O)(=O)Cl)c1. The Morgan fingerprint density at radius 3 is 2.30 bits per heavy atom. The van der Waals surface area contributed by atoms with Crippen LogP contribution in [-0.2, 0) is 18.9 Å². The Hall–Kier alpha value is -0.790. The summed E-state index contributed by atoms with van der Waals surface area (Å²) in [5.74, 6) is -0.120. The first-order valence-corrected chi connectivity index (χ1v) is 9.96. The van der Waals surface area contributed by atoms with Gasteiger partial charge in [0.2, 0.25) is 0 Å². The van der Waals surface area contributed by atoms with E-state index in [2.05, 4.69) is 0 Å². The molecule has 5 nitrogen and oxygen atoms in total. The first-order valence-electron chi connectivity index (χ1n) is 5.94. The highest BCUT2D eigenvalue weighted by atomic mass is 35.7. The Kier molecular flexibility index (Phi) is 5.46. The molecule has 0 aliphatic carbocycles. The predicted octanol–water partition coefficient (Wildman–Crippen LogP) is 2.12. The molecule has 0 amide bonds. The molecule has 8 heteroatoms. The second-order valence-electron chi connectivity index (χ2n) is 4.65. The molecular formula is C12H17ClO5S2. The quantitative estimate of drug-likeness (QED) is 0.741. The molecule has 114 valence electrons. The van der Waals surface area contributed by atoms with Crippen molar-refractivity contribution in [1.29, 1.82) is 0 Å². The van der Waals surface area contributed by atoms with Gasteiger partial charge in [-0.05, 0) is 38.5 Å². The van der Waals surface area contributed by atoms with Crippen molar-refractivity contribution in [3.63, 3.8) is 0 Å². The maximum absolute atomic E-state index is 11.6. The van der Waals surface area contributed by atoms with Crippen molar-refractivity contribution >= 4 is 29.6 Å². The monoisotopic (exact) mass is 340 g/mol. The van der Waals surface area contributed by atoms with E-state index in [1.54, 1.807) is 26.8 Å². The molecule has 0 N–H and O–H groups in total. The summed E-state index contributed by atoms with van der Waals surface area (Å²) in [4.78, 5) is -0.152. The van der Waals surface area contributed by atoms with Gasteiger partial charge in [-0.2, -0.15) is 0 Å². The lowest BCUT2D eigenvalue weighted by atomic mass is 10.2. The molecule has 0 aliphatic rings. The molecule has 0 radical (unpaired) electrons. The van der Waals surface area contributed by atoms with Gasteiger partial charge in [-0.1, -0.05) is 6.07 Å². The Morgan fingerprint density at radius 1 is 1.20 bits per heavy atom. The van der Waals surface area contributed by atoms with Crippen molar-refractivity contribution in [2.45, 2.75) is 30.9 Å². The molecule has 0 unspecified atom stereocenters. The van der Waals surface area contributed by atoms with Crippen LogP contribution in [0.3, 0.4) is 0 Å². The minimum absolute atomic E-state index is 0.0598. The number of benzene rings is 1. The minimum Gasteiger partial charge on any atom is -0.491 e. The normalized spacial score (nSPS) is 12.7. The van der Waals surface area contributed by atoms with Crippen LogP contribution in [0.4, 0.5) is 0 Å². The number of hydrogen-bond acceptors (Lipinski definition) is 5. The molecule has 1 aromatic carbocycles. The van der Waals surface area contributed by atoms with E-state index in [4.69, 9.17) is 15.4 Å². The van der Waals surface area contributed by atoms with Crippen molar-refractivity contribution in [3.8, 4) is 5.75 Å². The molecule has 0 fully saturated rings. The first kappa shape index (κ1) is 17.3. The molecule has 0 saturated heterocycles.